The molecule has 1 aliphatic heterocycles. The van der Waals surface area contributed by atoms with Gasteiger partial charge >= 0.3 is 0 Å². The molecule has 37 heavy (non-hydrogen) atoms. The summed E-state index contributed by atoms with van der Waals surface area (Å²) in [7, 11) is 1.52. The predicted molar refractivity (Wildman–Crippen MR) is 131 cm³/mol. The second kappa shape index (κ2) is 11.2. The van der Waals surface area contributed by atoms with E-state index in [9.17, 15) is 28.4 Å². The molecule has 1 aliphatic carbocycles. The first kappa shape index (κ1) is 26.4. The van der Waals surface area contributed by atoms with Crippen molar-refractivity contribution in [1.82, 2.24) is 20.9 Å². The van der Waals surface area contributed by atoms with Crippen LogP contribution in [-0.2, 0) is 9.59 Å². The first-order valence-electron chi connectivity index (χ1n) is 12.5. The SMILES string of the molecule is COc1cccc2[nH]c(C(=O)NC(CC3CCC(F)(F)CC3)C(=O)N[C@H](C#N)C[C@@H]3CCNC3=O)cc12. The third-order valence-corrected chi connectivity index (χ3v) is 7.27. The number of H-pyrrole nitrogens is 1. The van der Waals surface area contributed by atoms with Gasteiger partial charge in [0.15, 0.2) is 0 Å². The maximum absolute atomic E-state index is 13.7. The Hall–Kier alpha value is -3.68. The van der Waals surface area contributed by atoms with Crippen molar-refractivity contribution in [2.45, 2.75) is 63.0 Å². The monoisotopic (exact) mass is 515 g/mol. The average Bonchev–Trinajstić information content (AvgIpc) is 3.50. The van der Waals surface area contributed by atoms with E-state index in [0.717, 1.165) is 0 Å². The molecule has 0 bridgehead atoms. The molecule has 2 heterocycles. The molecule has 3 amide bonds. The molecule has 2 aliphatic rings. The first-order valence-corrected chi connectivity index (χ1v) is 12.5. The molecule has 4 rings (SSSR count). The third-order valence-electron chi connectivity index (χ3n) is 7.27. The highest BCUT2D eigenvalue weighted by molar-refractivity contribution is 6.01. The molecule has 0 spiro atoms. The van der Waals surface area contributed by atoms with Crippen molar-refractivity contribution in [3.8, 4) is 11.8 Å². The number of fused-ring (bicyclic) bond motifs is 1. The number of aromatic nitrogens is 1. The van der Waals surface area contributed by atoms with Crippen LogP contribution >= 0.6 is 0 Å². The van der Waals surface area contributed by atoms with Crippen molar-refractivity contribution < 1.29 is 27.9 Å². The van der Waals surface area contributed by atoms with Gasteiger partial charge < -0.3 is 25.7 Å². The summed E-state index contributed by atoms with van der Waals surface area (Å²) in [6.07, 6.45) is 0.845. The Labute approximate surface area is 213 Å². The second-order valence-corrected chi connectivity index (χ2v) is 9.87. The van der Waals surface area contributed by atoms with E-state index in [-0.39, 0.29) is 62.0 Å². The van der Waals surface area contributed by atoms with Crippen LogP contribution < -0.4 is 20.7 Å². The van der Waals surface area contributed by atoms with Gasteiger partial charge in [0.25, 0.3) is 5.91 Å². The normalized spacial score (nSPS) is 21.0. The fourth-order valence-corrected chi connectivity index (χ4v) is 5.13. The molecule has 2 aromatic rings. The zero-order valence-corrected chi connectivity index (χ0v) is 20.6. The number of ether oxygens (including phenoxy) is 1. The number of alkyl halides is 2. The number of hydrogen-bond acceptors (Lipinski definition) is 5. The van der Waals surface area contributed by atoms with E-state index in [1.54, 1.807) is 24.3 Å². The van der Waals surface area contributed by atoms with Crippen LogP contribution in [0.2, 0.25) is 0 Å². The van der Waals surface area contributed by atoms with Gasteiger partial charge in [0.05, 0.1) is 13.2 Å². The number of nitrogens with one attached hydrogen (secondary N) is 4. The Balaban J connectivity index is 1.49. The number of rotatable bonds is 9. The standard InChI is InChI=1S/C26H31F2N5O4/c1-37-22-4-2-3-19-18(22)13-21(32-19)25(36)33-20(11-15-5-8-26(27,28)9-6-15)24(35)31-17(14-29)12-16-7-10-30-23(16)34/h2-4,13,15-17,20,32H,5-12H2,1H3,(H,30,34)(H,31,35)(H,33,36)/t16-,17-,20?/m0/s1. The highest BCUT2D eigenvalue weighted by Crippen LogP contribution is 2.38. The molecule has 9 nitrogen and oxygen atoms in total. The fraction of sp³-hybridized carbons (Fsp3) is 0.538. The lowest BCUT2D eigenvalue weighted by molar-refractivity contribution is -0.125. The van der Waals surface area contributed by atoms with Crippen molar-refractivity contribution in [1.29, 1.82) is 5.26 Å². The quantitative estimate of drug-likeness (QED) is 0.407. The average molecular weight is 516 g/mol. The zero-order valence-electron chi connectivity index (χ0n) is 20.6. The fourth-order valence-electron chi connectivity index (χ4n) is 5.13. The van der Waals surface area contributed by atoms with Crippen molar-refractivity contribution in [3.63, 3.8) is 0 Å². The van der Waals surface area contributed by atoms with E-state index >= 15 is 0 Å². The van der Waals surface area contributed by atoms with Crippen molar-refractivity contribution in [3.05, 3.63) is 30.0 Å². The van der Waals surface area contributed by atoms with Gasteiger partial charge in [-0.3, -0.25) is 14.4 Å². The molecule has 3 atom stereocenters. The Morgan fingerprint density at radius 2 is 1.97 bits per heavy atom. The lowest BCUT2D eigenvalue weighted by Crippen LogP contribution is -2.51. The number of hydrogen-bond donors (Lipinski definition) is 4. The predicted octanol–water partition coefficient (Wildman–Crippen LogP) is 3.03. The topological polar surface area (TPSA) is 136 Å². The van der Waals surface area contributed by atoms with Crippen LogP contribution in [0.5, 0.6) is 5.75 Å². The minimum Gasteiger partial charge on any atom is -0.496 e. The smallest absolute Gasteiger partial charge is 0.268 e. The Bertz CT molecular complexity index is 1200. The van der Waals surface area contributed by atoms with E-state index in [2.05, 4.69) is 20.9 Å². The number of halogens is 2. The van der Waals surface area contributed by atoms with Gasteiger partial charge in [-0.1, -0.05) is 6.07 Å². The van der Waals surface area contributed by atoms with Crippen LogP contribution in [0, 0.1) is 23.2 Å². The molecule has 1 saturated heterocycles. The maximum Gasteiger partial charge on any atom is 0.268 e. The molecule has 4 N–H and O–H groups in total. The van der Waals surface area contributed by atoms with Gasteiger partial charge in [0.1, 0.15) is 23.5 Å². The summed E-state index contributed by atoms with van der Waals surface area (Å²) in [6.45, 7) is 0.524. The van der Waals surface area contributed by atoms with Crippen LogP contribution in [-0.4, -0.2) is 54.4 Å². The second-order valence-electron chi connectivity index (χ2n) is 9.87. The number of benzene rings is 1. The molecular weight excluding hydrogens is 484 g/mol. The van der Waals surface area contributed by atoms with Gasteiger partial charge in [0.2, 0.25) is 17.7 Å². The van der Waals surface area contributed by atoms with Crippen LogP contribution in [0.4, 0.5) is 8.78 Å². The summed E-state index contributed by atoms with van der Waals surface area (Å²) in [6, 6.07) is 7.02. The summed E-state index contributed by atoms with van der Waals surface area (Å²) >= 11 is 0. The number of methoxy groups -OCH3 is 1. The molecule has 198 valence electrons. The molecule has 2 fully saturated rings. The van der Waals surface area contributed by atoms with Crippen LogP contribution in [0.25, 0.3) is 10.9 Å². The Morgan fingerprint density at radius 3 is 2.62 bits per heavy atom. The summed E-state index contributed by atoms with van der Waals surface area (Å²) in [4.78, 5) is 41.3. The highest BCUT2D eigenvalue weighted by Gasteiger charge is 2.37. The largest absolute Gasteiger partial charge is 0.496 e. The first-order chi connectivity index (χ1) is 17.7. The minimum atomic E-state index is -2.71. The van der Waals surface area contributed by atoms with Crippen molar-refractivity contribution in [2.24, 2.45) is 11.8 Å². The van der Waals surface area contributed by atoms with E-state index in [0.29, 0.717) is 29.6 Å². The Morgan fingerprint density at radius 1 is 1.22 bits per heavy atom. The Kier molecular flexibility index (Phi) is 7.95. The number of carbonyl (C=O) groups is 3. The maximum atomic E-state index is 13.7. The van der Waals surface area contributed by atoms with Gasteiger partial charge in [-0.25, -0.2) is 8.78 Å². The number of amides is 3. The molecule has 1 saturated carbocycles. The minimum absolute atomic E-state index is 0.156. The summed E-state index contributed by atoms with van der Waals surface area (Å²) < 4.78 is 32.7. The van der Waals surface area contributed by atoms with E-state index in [1.165, 1.54) is 7.11 Å². The third kappa shape index (κ3) is 6.37. The molecule has 1 unspecified atom stereocenters. The van der Waals surface area contributed by atoms with Gasteiger partial charge in [-0.2, -0.15) is 5.26 Å². The van der Waals surface area contributed by atoms with E-state index in [4.69, 9.17) is 4.74 Å². The number of nitriles is 1. The van der Waals surface area contributed by atoms with Gasteiger partial charge in [0, 0.05) is 36.2 Å². The number of aromatic amines is 1. The van der Waals surface area contributed by atoms with Crippen molar-refractivity contribution in [2.75, 3.05) is 13.7 Å². The van der Waals surface area contributed by atoms with Gasteiger partial charge in [-0.05, 0) is 56.2 Å². The van der Waals surface area contributed by atoms with Crippen molar-refractivity contribution >= 4 is 28.6 Å². The lowest BCUT2D eigenvalue weighted by Gasteiger charge is -2.31. The summed E-state index contributed by atoms with van der Waals surface area (Å²) in [5.74, 6) is -3.96. The van der Waals surface area contributed by atoms with Gasteiger partial charge in [-0.15, -0.1) is 0 Å². The summed E-state index contributed by atoms with van der Waals surface area (Å²) in [5, 5.41) is 18.4. The molecule has 0 radical (unpaired) electrons. The number of nitrogens with zero attached hydrogens (tertiary/aromatic N) is 1. The molecule has 1 aromatic heterocycles. The summed E-state index contributed by atoms with van der Waals surface area (Å²) in [5.41, 5.74) is 0.895. The lowest BCUT2D eigenvalue weighted by atomic mass is 9.82. The highest BCUT2D eigenvalue weighted by atomic mass is 19.3. The zero-order chi connectivity index (χ0) is 26.6. The molecule has 1 aromatic carbocycles. The van der Waals surface area contributed by atoms with E-state index < -0.39 is 29.8 Å². The number of carbonyl (C=O) groups excluding carboxylic acids is 3. The van der Waals surface area contributed by atoms with Crippen LogP contribution in [0.15, 0.2) is 24.3 Å². The van der Waals surface area contributed by atoms with Crippen LogP contribution in [0.1, 0.15) is 55.4 Å². The van der Waals surface area contributed by atoms with E-state index in [1.807, 2.05) is 6.07 Å². The molecule has 11 heteroatoms. The van der Waals surface area contributed by atoms with Crippen LogP contribution in [0.3, 0.4) is 0 Å². The molecular formula is C26H31F2N5O4.